The Morgan fingerprint density at radius 3 is 2.50 bits per heavy atom. The maximum Gasteiger partial charge on any atom is 0.308 e. The molecule has 1 aromatic carbocycles. The van der Waals surface area contributed by atoms with Crippen molar-refractivity contribution in [2.75, 3.05) is 44.6 Å². The Balaban J connectivity index is 2.20. The van der Waals surface area contributed by atoms with E-state index in [1.807, 2.05) is 28.4 Å². The fourth-order valence-corrected chi connectivity index (χ4v) is 6.33. The summed E-state index contributed by atoms with van der Waals surface area (Å²) in [5, 5.41) is 0. The summed E-state index contributed by atoms with van der Waals surface area (Å²) in [7, 11) is 2.84. The van der Waals surface area contributed by atoms with Crippen molar-refractivity contribution in [1.82, 2.24) is 4.90 Å². The first kappa shape index (κ1) is 24.5. The quantitative estimate of drug-likeness (QED) is 0.306. The molecule has 0 saturated carbocycles. The summed E-state index contributed by atoms with van der Waals surface area (Å²) in [6.07, 6.45) is 2.11. The van der Waals surface area contributed by atoms with Crippen LogP contribution in [-0.4, -0.2) is 66.3 Å². The highest BCUT2D eigenvalue weighted by Crippen LogP contribution is 2.38. The van der Waals surface area contributed by atoms with E-state index in [1.54, 1.807) is 12.1 Å². The van der Waals surface area contributed by atoms with Gasteiger partial charge in [-0.15, -0.1) is 23.5 Å². The van der Waals surface area contributed by atoms with Crippen molar-refractivity contribution in [2.24, 2.45) is 0 Å². The number of methoxy groups -OCH3 is 2. The first-order valence-corrected chi connectivity index (χ1v) is 12.3. The van der Waals surface area contributed by atoms with Gasteiger partial charge in [-0.05, 0) is 30.4 Å². The van der Waals surface area contributed by atoms with Gasteiger partial charge in [-0.2, -0.15) is 0 Å². The van der Waals surface area contributed by atoms with Gasteiger partial charge in [0.1, 0.15) is 0 Å². The molecular weight excluding hydrogens is 424 g/mol. The lowest BCUT2D eigenvalue weighted by Crippen LogP contribution is -2.41. The van der Waals surface area contributed by atoms with Crippen LogP contribution in [0.2, 0.25) is 0 Å². The number of nitrogens with two attached hydrogens (primary N) is 1. The van der Waals surface area contributed by atoms with Gasteiger partial charge < -0.3 is 24.8 Å². The summed E-state index contributed by atoms with van der Waals surface area (Å²) >= 11 is 3.79. The molecular formula is C21H32N2O5S2. The van der Waals surface area contributed by atoms with E-state index >= 15 is 0 Å². The number of benzene rings is 1. The van der Waals surface area contributed by atoms with E-state index in [0.717, 1.165) is 30.9 Å². The maximum atomic E-state index is 13.4. The highest BCUT2D eigenvalue weighted by Gasteiger charge is 2.36. The van der Waals surface area contributed by atoms with Crippen LogP contribution < -0.4 is 15.2 Å². The van der Waals surface area contributed by atoms with E-state index in [9.17, 15) is 9.59 Å². The number of ether oxygens (including phenoxy) is 3. The van der Waals surface area contributed by atoms with Crippen LogP contribution in [0.4, 0.5) is 5.69 Å². The summed E-state index contributed by atoms with van der Waals surface area (Å²) in [5.41, 5.74) is 6.98. The number of nitrogens with zero attached hydrogens (tertiary/aromatic N) is 1. The number of hydrogen-bond donors (Lipinski definition) is 1. The van der Waals surface area contributed by atoms with Gasteiger partial charge in [0.2, 0.25) is 0 Å². The summed E-state index contributed by atoms with van der Waals surface area (Å²) in [4.78, 5) is 26.6. The van der Waals surface area contributed by atoms with Crippen LogP contribution in [0.5, 0.6) is 11.5 Å². The molecule has 0 aliphatic carbocycles. The minimum absolute atomic E-state index is 0.0761. The molecule has 0 unspecified atom stereocenters. The Morgan fingerprint density at radius 1 is 1.20 bits per heavy atom. The van der Waals surface area contributed by atoms with Crippen molar-refractivity contribution in [2.45, 2.75) is 43.7 Å². The molecule has 7 nitrogen and oxygen atoms in total. The van der Waals surface area contributed by atoms with Gasteiger partial charge in [0, 0.05) is 18.3 Å². The third-order valence-electron chi connectivity index (χ3n) is 4.89. The number of amides is 1. The van der Waals surface area contributed by atoms with Gasteiger partial charge in [-0.3, -0.25) is 9.59 Å². The number of carbonyl (C=O) groups excluding carboxylic acids is 2. The molecule has 0 spiro atoms. The largest absolute Gasteiger partial charge is 0.493 e. The van der Waals surface area contributed by atoms with E-state index in [4.69, 9.17) is 15.2 Å². The number of hydrogen-bond acceptors (Lipinski definition) is 8. The minimum atomic E-state index is -0.363. The molecule has 1 aromatic rings. The van der Waals surface area contributed by atoms with Gasteiger partial charge in [0.05, 0.1) is 43.4 Å². The highest BCUT2D eigenvalue weighted by atomic mass is 32.2. The molecule has 1 aliphatic rings. The van der Waals surface area contributed by atoms with Gasteiger partial charge in [-0.1, -0.05) is 13.8 Å². The molecule has 0 aromatic heterocycles. The van der Waals surface area contributed by atoms with Gasteiger partial charge in [0.25, 0.3) is 5.91 Å². The molecule has 1 amide bonds. The van der Waals surface area contributed by atoms with Gasteiger partial charge >= 0.3 is 5.97 Å². The monoisotopic (exact) mass is 456 g/mol. The second kappa shape index (κ2) is 12.2. The minimum Gasteiger partial charge on any atom is -0.493 e. The molecule has 1 heterocycles. The van der Waals surface area contributed by atoms with Crippen LogP contribution >= 0.6 is 23.5 Å². The highest BCUT2D eigenvalue weighted by molar-refractivity contribution is 8.17. The lowest BCUT2D eigenvalue weighted by molar-refractivity contribution is -0.141. The number of thioether (sulfide) groups is 2. The second-order valence-electron chi connectivity index (χ2n) is 6.75. The molecule has 1 atom stereocenters. The number of likely N-dealkylation sites (tertiary alicyclic amines) is 1. The number of carbonyl (C=O) groups is 2. The standard InChI is InChI=1S/C21H32N2O5S2/c1-5-29-21(30-6-2)16-8-7-10-23(16)20(25)14-12-17(26-3)18(13-15(14)22)28-11-9-19(24)27-4/h12-13,16,21H,5-11,22H2,1-4H3/t16-/m0/s1. The van der Waals surface area contributed by atoms with Crippen LogP contribution in [0.15, 0.2) is 12.1 Å². The first-order chi connectivity index (χ1) is 14.5. The maximum absolute atomic E-state index is 13.4. The molecule has 30 heavy (non-hydrogen) atoms. The van der Waals surface area contributed by atoms with E-state index in [2.05, 4.69) is 18.6 Å². The molecule has 1 aliphatic heterocycles. The zero-order chi connectivity index (χ0) is 22.1. The number of esters is 1. The molecule has 0 bridgehead atoms. The summed E-state index contributed by atoms with van der Waals surface area (Å²) in [6, 6.07) is 3.41. The van der Waals surface area contributed by atoms with Crippen molar-refractivity contribution < 1.29 is 23.8 Å². The second-order valence-corrected chi connectivity index (χ2v) is 9.89. The zero-order valence-corrected chi connectivity index (χ0v) is 19.8. The average Bonchev–Trinajstić information content (AvgIpc) is 3.23. The fourth-order valence-electron chi connectivity index (χ4n) is 3.46. The molecule has 9 heteroatoms. The average molecular weight is 457 g/mol. The molecule has 0 radical (unpaired) electrons. The lowest BCUT2D eigenvalue weighted by atomic mass is 10.1. The van der Waals surface area contributed by atoms with Crippen molar-refractivity contribution in [3.63, 3.8) is 0 Å². The molecule has 2 N–H and O–H groups in total. The fraction of sp³-hybridized carbons (Fsp3) is 0.619. The normalized spacial score (nSPS) is 16.0. The molecule has 168 valence electrons. The van der Waals surface area contributed by atoms with Crippen LogP contribution in [0, 0.1) is 0 Å². The SMILES string of the molecule is CCSC(SCC)[C@@H]1CCCN1C(=O)c1cc(OC)c(OCCC(=O)OC)cc1N. The molecule has 1 fully saturated rings. The van der Waals surface area contributed by atoms with Crippen LogP contribution in [-0.2, 0) is 9.53 Å². The topological polar surface area (TPSA) is 91.1 Å². The van der Waals surface area contributed by atoms with E-state index in [1.165, 1.54) is 14.2 Å². The Hall–Kier alpha value is -1.74. The summed E-state index contributed by atoms with van der Waals surface area (Å²) in [6.45, 7) is 5.16. The van der Waals surface area contributed by atoms with Crippen molar-refractivity contribution in [1.29, 1.82) is 0 Å². The summed E-state index contributed by atoms with van der Waals surface area (Å²) in [5.74, 6) is 2.41. The number of anilines is 1. The Morgan fingerprint density at radius 2 is 1.90 bits per heavy atom. The van der Waals surface area contributed by atoms with E-state index in [0.29, 0.717) is 27.3 Å². The van der Waals surface area contributed by atoms with Crippen LogP contribution in [0.3, 0.4) is 0 Å². The Bertz CT molecular complexity index is 726. The van der Waals surface area contributed by atoms with Crippen LogP contribution in [0.25, 0.3) is 0 Å². The Kier molecular flexibility index (Phi) is 9.97. The van der Waals surface area contributed by atoms with Gasteiger partial charge in [0.15, 0.2) is 11.5 Å². The predicted octanol–water partition coefficient (Wildman–Crippen LogP) is 3.66. The zero-order valence-electron chi connectivity index (χ0n) is 18.1. The van der Waals surface area contributed by atoms with Crippen molar-refractivity contribution >= 4 is 41.1 Å². The third kappa shape index (κ3) is 6.14. The summed E-state index contributed by atoms with van der Waals surface area (Å²) < 4.78 is 16.0. The van der Waals surface area contributed by atoms with E-state index in [-0.39, 0.29) is 30.9 Å². The van der Waals surface area contributed by atoms with E-state index < -0.39 is 0 Å². The number of nitrogen functional groups attached to an aromatic ring is 1. The number of rotatable bonds is 11. The first-order valence-electron chi connectivity index (χ1n) is 10.2. The third-order valence-corrected chi connectivity index (χ3v) is 7.66. The van der Waals surface area contributed by atoms with Gasteiger partial charge in [-0.25, -0.2) is 0 Å². The molecule has 1 saturated heterocycles. The van der Waals surface area contributed by atoms with Crippen LogP contribution in [0.1, 0.15) is 43.5 Å². The predicted molar refractivity (Wildman–Crippen MR) is 124 cm³/mol. The molecule has 2 rings (SSSR count). The Labute approximate surface area is 187 Å². The van der Waals surface area contributed by atoms with Crippen molar-refractivity contribution in [3.05, 3.63) is 17.7 Å². The lowest BCUT2D eigenvalue weighted by Gasteiger charge is -2.31. The van der Waals surface area contributed by atoms with Crippen molar-refractivity contribution in [3.8, 4) is 11.5 Å². The smallest absolute Gasteiger partial charge is 0.308 e.